The maximum atomic E-state index is 12.2. The van der Waals surface area contributed by atoms with Crippen molar-refractivity contribution in [3.63, 3.8) is 0 Å². The molecule has 0 spiro atoms. The van der Waals surface area contributed by atoms with Gasteiger partial charge in [0.05, 0.1) is 14.1 Å². The van der Waals surface area contributed by atoms with Gasteiger partial charge in [0.1, 0.15) is 25.5 Å². The number of likely N-dealkylation sites (N-methyl/N-ethyl adjacent to an activating group) is 1. The third kappa shape index (κ3) is 14.0. The minimum Gasteiger partial charge on any atom is -0.490 e. The monoisotopic (exact) mass is 482 g/mol. The number of carbonyl (C=O) groups is 1. The van der Waals surface area contributed by atoms with Crippen molar-refractivity contribution >= 4 is 5.97 Å². The summed E-state index contributed by atoms with van der Waals surface area (Å²) in [6, 6.07) is 18.6. The Balaban J connectivity index is 1.51. The Morgan fingerprint density at radius 3 is 1.94 bits per heavy atom. The van der Waals surface area contributed by atoms with Crippen molar-refractivity contribution in [3.05, 3.63) is 65.7 Å². The Morgan fingerprint density at radius 2 is 1.31 bits per heavy atom. The van der Waals surface area contributed by atoms with Gasteiger partial charge >= 0.3 is 5.97 Å². The summed E-state index contributed by atoms with van der Waals surface area (Å²) in [5.74, 6) is 0.634. The van der Waals surface area contributed by atoms with Crippen LogP contribution in [0.1, 0.15) is 82.3 Å². The van der Waals surface area contributed by atoms with Crippen molar-refractivity contribution < 1.29 is 18.8 Å². The fourth-order valence-corrected chi connectivity index (χ4v) is 4.41. The van der Waals surface area contributed by atoms with E-state index in [0.717, 1.165) is 18.7 Å². The second-order valence-electron chi connectivity index (χ2n) is 10.4. The number of carbonyl (C=O) groups excluding carboxylic acids is 1. The lowest BCUT2D eigenvalue weighted by Crippen LogP contribution is -2.43. The van der Waals surface area contributed by atoms with Crippen LogP contribution in [0, 0.1) is 0 Å². The third-order valence-electron chi connectivity index (χ3n) is 6.37. The first-order valence-electron chi connectivity index (χ1n) is 13.7. The van der Waals surface area contributed by atoms with E-state index in [1.807, 2.05) is 44.4 Å². The molecule has 0 saturated carbocycles. The fraction of sp³-hybridized carbons (Fsp3) is 0.581. The molecule has 2 rings (SSSR count). The van der Waals surface area contributed by atoms with Crippen molar-refractivity contribution in [1.29, 1.82) is 0 Å². The van der Waals surface area contributed by atoms with Crippen LogP contribution in [0.25, 0.3) is 0 Å². The minimum absolute atomic E-state index is 0.193. The van der Waals surface area contributed by atoms with E-state index in [4.69, 9.17) is 9.47 Å². The van der Waals surface area contributed by atoms with Gasteiger partial charge in [-0.2, -0.15) is 0 Å². The van der Waals surface area contributed by atoms with Crippen LogP contribution in [0.3, 0.4) is 0 Å². The molecule has 35 heavy (non-hydrogen) atoms. The summed E-state index contributed by atoms with van der Waals surface area (Å²) in [5, 5.41) is 0. The Labute approximate surface area is 214 Å². The molecule has 2 aromatic carbocycles. The summed E-state index contributed by atoms with van der Waals surface area (Å²) >= 11 is 0. The maximum Gasteiger partial charge on any atom is 0.361 e. The predicted octanol–water partition coefficient (Wildman–Crippen LogP) is 7.35. The van der Waals surface area contributed by atoms with Crippen LogP contribution in [0.4, 0.5) is 0 Å². The van der Waals surface area contributed by atoms with Crippen molar-refractivity contribution in [2.75, 3.05) is 33.9 Å². The molecule has 0 heterocycles. The molecular weight excluding hydrogens is 434 g/mol. The predicted molar refractivity (Wildman–Crippen MR) is 146 cm³/mol. The first-order chi connectivity index (χ1) is 17.0. The molecule has 0 N–H and O–H groups in total. The summed E-state index contributed by atoms with van der Waals surface area (Å²) in [6.07, 6.45) is 14.8. The minimum atomic E-state index is -0.193. The van der Waals surface area contributed by atoms with Gasteiger partial charge in [-0.05, 0) is 30.5 Å². The zero-order chi connectivity index (χ0) is 25.2. The largest absolute Gasteiger partial charge is 0.490 e. The number of hydrogen-bond donors (Lipinski definition) is 0. The Kier molecular flexibility index (Phi) is 14.2. The Morgan fingerprint density at radius 1 is 0.714 bits per heavy atom. The first-order valence-corrected chi connectivity index (χ1v) is 13.7. The van der Waals surface area contributed by atoms with Gasteiger partial charge in [0.25, 0.3) is 0 Å². The molecule has 0 aliphatic heterocycles. The number of nitrogens with zero attached hydrogens (tertiary/aromatic N) is 1. The van der Waals surface area contributed by atoms with Crippen molar-refractivity contribution in [1.82, 2.24) is 0 Å². The molecular formula is C31H48NO3+. The van der Waals surface area contributed by atoms with E-state index in [0.29, 0.717) is 17.6 Å². The molecule has 0 amide bonds. The number of benzene rings is 2. The summed E-state index contributed by atoms with van der Waals surface area (Å²) in [5.41, 5.74) is 2.58. The molecule has 0 aliphatic carbocycles. The maximum absolute atomic E-state index is 12.2. The van der Waals surface area contributed by atoms with Gasteiger partial charge in [0, 0.05) is 5.56 Å². The fourth-order valence-electron chi connectivity index (χ4n) is 4.41. The Bertz CT molecular complexity index is 802. The zero-order valence-electron chi connectivity index (χ0n) is 22.5. The van der Waals surface area contributed by atoms with Crippen LogP contribution in [0.5, 0.6) is 5.75 Å². The molecule has 0 fully saturated rings. The number of esters is 1. The standard InChI is InChI=1S/C31H48NO3/c1-4-5-6-7-8-9-10-11-12-14-17-28-20-22-30(23-21-28)34-24-25-35-31(33)27-32(2,3)26-29-18-15-13-16-19-29/h13,15-16,18-23H,4-12,14,17,24-27H2,1-3H3/q+1. The van der Waals surface area contributed by atoms with Gasteiger partial charge in [0.15, 0.2) is 6.54 Å². The van der Waals surface area contributed by atoms with Crippen LogP contribution in [-0.4, -0.2) is 44.3 Å². The second-order valence-corrected chi connectivity index (χ2v) is 10.4. The molecule has 0 aromatic heterocycles. The molecule has 0 radical (unpaired) electrons. The highest BCUT2D eigenvalue weighted by molar-refractivity contribution is 5.70. The topological polar surface area (TPSA) is 35.5 Å². The smallest absolute Gasteiger partial charge is 0.361 e. The molecule has 0 aliphatic rings. The van der Waals surface area contributed by atoms with Gasteiger partial charge in [0.2, 0.25) is 0 Å². The summed E-state index contributed by atoms with van der Waals surface area (Å²) < 4.78 is 11.7. The van der Waals surface area contributed by atoms with Gasteiger partial charge in [-0.1, -0.05) is 107 Å². The highest BCUT2D eigenvalue weighted by atomic mass is 16.6. The van der Waals surface area contributed by atoms with E-state index >= 15 is 0 Å². The number of quaternary nitrogens is 1. The molecule has 0 unspecified atom stereocenters. The molecule has 194 valence electrons. The zero-order valence-corrected chi connectivity index (χ0v) is 22.5. The number of unbranched alkanes of at least 4 members (excludes halogenated alkanes) is 9. The van der Waals surface area contributed by atoms with Crippen LogP contribution < -0.4 is 4.74 Å². The van der Waals surface area contributed by atoms with E-state index < -0.39 is 0 Å². The van der Waals surface area contributed by atoms with E-state index in [-0.39, 0.29) is 12.6 Å². The average molecular weight is 483 g/mol. The van der Waals surface area contributed by atoms with E-state index in [2.05, 4.69) is 31.2 Å². The molecule has 0 saturated heterocycles. The van der Waals surface area contributed by atoms with Crippen molar-refractivity contribution in [2.45, 2.75) is 84.1 Å². The van der Waals surface area contributed by atoms with Gasteiger partial charge < -0.3 is 14.0 Å². The lowest BCUT2D eigenvalue weighted by Gasteiger charge is -2.28. The lowest BCUT2D eigenvalue weighted by atomic mass is 10.0. The van der Waals surface area contributed by atoms with Crippen LogP contribution in [0.2, 0.25) is 0 Å². The Hall–Kier alpha value is -2.33. The normalized spacial score (nSPS) is 11.4. The van der Waals surface area contributed by atoms with Crippen LogP contribution >= 0.6 is 0 Å². The van der Waals surface area contributed by atoms with Crippen LogP contribution in [0.15, 0.2) is 54.6 Å². The summed E-state index contributed by atoms with van der Waals surface area (Å²) in [6.45, 7) is 4.04. The number of aryl methyl sites for hydroxylation is 1. The van der Waals surface area contributed by atoms with E-state index in [1.54, 1.807) is 0 Å². The first kappa shape index (κ1) is 28.9. The molecule has 4 heteroatoms. The van der Waals surface area contributed by atoms with Crippen molar-refractivity contribution in [2.24, 2.45) is 0 Å². The van der Waals surface area contributed by atoms with Crippen molar-refractivity contribution in [3.8, 4) is 5.75 Å². The van der Waals surface area contributed by atoms with Gasteiger partial charge in [-0.25, -0.2) is 4.79 Å². The average Bonchev–Trinajstić information content (AvgIpc) is 2.84. The second kappa shape index (κ2) is 17.2. The number of ether oxygens (including phenoxy) is 2. The third-order valence-corrected chi connectivity index (χ3v) is 6.37. The quantitative estimate of drug-likeness (QED) is 0.119. The highest BCUT2D eigenvalue weighted by Crippen LogP contribution is 2.16. The highest BCUT2D eigenvalue weighted by Gasteiger charge is 2.21. The lowest BCUT2D eigenvalue weighted by molar-refractivity contribution is -0.896. The summed E-state index contributed by atoms with van der Waals surface area (Å²) in [4.78, 5) is 12.2. The number of hydrogen-bond acceptors (Lipinski definition) is 3. The molecule has 2 aromatic rings. The number of rotatable bonds is 19. The van der Waals surface area contributed by atoms with E-state index in [9.17, 15) is 4.79 Å². The molecule has 0 atom stereocenters. The van der Waals surface area contributed by atoms with Gasteiger partial charge in [-0.3, -0.25) is 0 Å². The van der Waals surface area contributed by atoms with E-state index in [1.165, 1.54) is 75.3 Å². The molecule has 0 bridgehead atoms. The van der Waals surface area contributed by atoms with Gasteiger partial charge in [-0.15, -0.1) is 0 Å². The molecule has 4 nitrogen and oxygen atoms in total. The summed E-state index contributed by atoms with van der Waals surface area (Å²) in [7, 11) is 4.09. The van der Waals surface area contributed by atoms with Crippen LogP contribution in [-0.2, 0) is 22.5 Å². The SMILES string of the molecule is CCCCCCCCCCCCc1ccc(OCCOC(=O)C[N+](C)(C)Cc2ccccc2)cc1.